The van der Waals surface area contributed by atoms with E-state index in [1.54, 1.807) is 0 Å². The molecule has 8 heteroatoms. The second kappa shape index (κ2) is 6.28. The molecule has 1 aromatic rings. The number of hydrogen-bond donors (Lipinski definition) is 3. The minimum atomic E-state index is -3.65. The van der Waals surface area contributed by atoms with Gasteiger partial charge in [0.15, 0.2) is 5.03 Å². The molecule has 0 aliphatic rings. The van der Waals surface area contributed by atoms with Crippen molar-refractivity contribution in [2.24, 2.45) is 11.7 Å². The van der Waals surface area contributed by atoms with Gasteiger partial charge in [-0.05, 0) is 5.92 Å². The van der Waals surface area contributed by atoms with Gasteiger partial charge in [-0.2, -0.15) is 5.10 Å². The molecule has 0 aliphatic carbocycles. The van der Waals surface area contributed by atoms with Crippen LogP contribution in [0.15, 0.2) is 11.2 Å². The summed E-state index contributed by atoms with van der Waals surface area (Å²) in [5.41, 5.74) is 5.92. The van der Waals surface area contributed by atoms with E-state index in [1.807, 2.05) is 13.8 Å². The van der Waals surface area contributed by atoms with E-state index in [0.717, 1.165) is 0 Å². The number of rotatable bonds is 7. The van der Waals surface area contributed by atoms with Gasteiger partial charge in [-0.25, -0.2) is 13.1 Å². The van der Waals surface area contributed by atoms with E-state index in [0.29, 0.717) is 12.2 Å². The Bertz CT molecular complexity index is 469. The van der Waals surface area contributed by atoms with Crippen molar-refractivity contribution < 1.29 is 13.2 Å². The van der Waals surface area contributed by atoms with Gasteiger partial charge in [0, 0.05) is 25.3 Å². The second-order valence-corrected chi connectivity index (χ2v) is 6.01. The summed E-state index contributed by atoms with van der Waals surface area (Å²) in [4.78, 5) is 0. The monoisotopic (exact) mass is 276 g/mol. The molecule has 7 nitrogen and oxygen atoms in total. The van der Waals surface area contributed by atoms with Gasteiger partial charge in [-0.1, -0.05) is 13.8 Å². The van der Waals surface area contributed by atoms with E-state index in [2.05, 4.69) is 14.9 Å². The van der Waals surface area contributed by atoms with Crippen molar-refractivity contribution in [1.29, 1.82) is 0 Å². The summed E-state index contributed by atoms with van der Waals surface area (Å²) < 4.78 is 31.9. The highest BCUT2D eigenvalue weighted by Crippen LogP contribution is 2.13. The van der Waals surface area contributed by atoms with E-state index in [9.17, 15) is 8.42 Å². The van der Waals surface area contributed by atoms with Crippen LogP contribution in [0, 0.1) is 5.92 Å². The predicted molar refractivity (Wildman–Crippen MR) is 67.3 cm³/mol. The Morgan fingerprint density at radius 2 is 2.22 bits per heavy atom. The van der Waals surface area contributed by atoms with E-state index in [1.165, 1.54) is 13.3 Å². The topological polar surface area (TPSA) is 110 Å². The fourth-order valence-corrected chi connectivity index (χ4v) is 2.99. The molecule has 0 radical (unpaired) electrons. The molecule has 0 saturated heterocycles. The normalized spacial score (nSPS) is 14.1. The quantitative estimate of drug-likeness (QED) is 0.640. The summed E-state index contributed by atoms with van der Waals surface area (Å²) in [6, 6.07) is -0.297. The fourth-order valence-electron chi connectivity index (χ4n) is 1.48. The van der Waals surface area contributed by atoms with Crippen molar-refractivity contribution in [3.05, 3.63) is 11.8 Å². The Balaban J connectivity index is 2.93. The molecule has 0 fully saturated rings. The zero-order valence-electron chi connectivity index (χ0n) is 10.8. The number of nitrogens with zero attached hydrogens (tertiary/aromatic N) is 1. The Morgan fingerprint density at radius 3 is 2.72 bits per heavy atom. The highest BCUT2D eigenvalue weighted by Gasteiger charge is 2.25. The minimum absolute atomic E-state index is 0.0201. The van der Waals surface area contributed by atoms with Crippen LogP contribution in [0.2, 0.25) is 0 Å². The first-order valence-electron chi connectivity index (χ1n) is 5.66. The number of sulfonamides is 1. The number of methoxy groups -OCH3 is 1. The highest BCUT2D eigenvalue weighted by atomic mass is 32.2. The largest absolute Gasteiger partial charge is 0.383 e. The lowest BCUT2D eigenvalue weighted by molar-refractivity contribution is 0.157. The zero-order valence-corrected chi connectivity index (χ0v) is 11.6. The molecule has 0 spiro atoms. The lowest BCUT2D eigenvalue weighted by Crippen LogP contribution is -2.42. The molecule has 0 bridgehead atoms. The summed E-state index contributed by atoms with van der Waals surface area (Å²) in [7, 11) is -2.12. The third kappa shape index (κ3) is 3.52. The van der Waals surface area contributed by atoms with Crippen LogP contribution in [0.1, 0.15) is 19.4 Å². The van der Waals surface area contributed by atoms with Crippen molar-refractivity contribution in [3.63, 3.8) is 0 Å². The average molecular weight is 276 g/mol. The summed E-state index contributed by atoms with van der Waals surface area (Å²) in [6.45, 7) is 4.26. The molecule has 1 aromatic heterocycles. The van der Waals surface area contributed by atoms with E-state index in [4.69, 9.17) is 10.5 Å². The Hall–Kier alpha value is -0.960. The van der Waals surface area contributed by atoms with Crippen LogP contribution in [0.5, 0.6) is 0 Å². The van der Waals surface area contributed by atoms with Gasteiger partial charge in [0.25, 0.3) is 10.0 Å². The van der Waals surface area contributed by atoms with Crippen LogP contribution >= 0.6 is 0 Å². The van der Waals surface area contributed by atoms with Crippen molar-refractivity contribution in [1.82, 2.24) is 14.9 Å². The zero-order chi connectivity index (χ0) is 13.8. The molecule has 1 unspecified atom stereocenters. The number of hydrogen-bond acceptors (Lipinski definition) is 5. The molecule has 4 N–H and O–H groups in total. The van der Waals surface area contributed by atoms with Gasteiger partial charge in [-0.15, -0.1) is 0 Å². The van der Waals surface area contributed by atoms with Crippen LogP contribution in [-0.4, -0.2) is 38.4 Å². The molecule has 0 aliphatic heterocycles. The van der Waals surface area contributed by atoms with E-state index < -0.39 is 10.0 Å². The van der Waals surface area contributed by atoms with Crippen molar-refractivity contribution in [2.45, 2.75) is 31.5 Å². The third-order valence-corrected chi connectivity index (χ3v) is 4.13. The maximum atomic E-state index is 12.2. The molecule has 0 amide bonds. The van der Waals surface area contributed by atoms with Crippen LogP contribution in [0.25, 0.3) is 0 Å². The van der Waals surface area contributed by atoms with E-state index >= 15 is 0 Å². The van der Waals surface area contributed by atoms with Gasteiger partial charge in [0.05, 0.1) is 12.8 Å². The Kier molecular flexibility index (Phi) is 5.27. The maximum Gasteiger partial charge on any atom is 0.258 e. The fraction of sp³-hybridized carbons (Fsp3) is 0.700. The van der Waals surface area contributed by atoms with Crippen molar-refractivity contribution in [2.75, 3.05) is 13.7 Å². The summed E-state index contributed by atoms with van der Waals surface area (Å²) >= 11 is 0. The number of nitrogens with one attached hydrogen (secondary N) is 2. The molecular weight excluding hydrogens is 256 g/mol. The first-order valence-corrected chi connectivity index (χ1v) is 7.14. The van der Waals surface area contributed by atoms with Crippen LogP contribution in [0.3, 0.4) is 0 Å². The molecule has 0 aromatic carbocycles. The van der Waals surface area contributed by atoms with Gasteiger partial charge in [-0.3, -0.25) is 5.10 Å². The SMILES string of the molecule is COCC(NS(=O)(=O)c1[nH]ncc1CN)C(C)C. The molecule has 1 atom stereocenters. The second-order valence-electron chi connectivity index (χ2n) is 4.36. The average Bonchev–Trinajstić information content (AvgIpc) is 2.76. The molecule has 18 heavy (non-hydrogen) atoms. The standard InChI is InChI=1S/C10H20N4O3S/c1-7(2)9(6-17-3)14-18(15,16)10-8(4-11)5-12-13-10/h5,7,9,14H,4,6,11H2,1-3H3,(H,12,13). The summed E-state index contributed by atoms with van der Waals surface area (Å²) in [6.07, 6.45) is 1.41. The summed E-state index contributed by atoms with van der Waals surface area (Å²) in [5, 5.41) is 6.18. The van der Waals surface area contributed by atoms with Crippen LogP contribution in [-0.2, 0) is 21.3 Å². The smallest absolute Gasteiger partial charge is 0.258 e. The molecule has 104 valence electrons. The van der Waals surface area contributed by atoms with Crippen LogP contribution < -0.4 is 10.5 Å². The molecule has 0 saturated carbocycles. The first kappa shape index (κ1) is 15.1. The number of nitrogens with two attached hydrogens (primary N) is 1. The Morgan fingerprint density at radius 1 is 1.56 bits per heavy atom. The van der Waals surface area contributed by atoms with Crippen LogP contribution in [0.4, 0.5) is 0 Å². The Labute approximate surface area is 107 Å². The number of aromatic amines is 1. The minimum Gasteiger partial charge on any atom is -0.383 e. The lowest BCUT2D eigenvalue weighted by atomic mass is 10.1. The van der Waals surface area contributed by atoms with E-state index in [-0.39, 0.29) is 23.5 Å². The van der Waals surface area contributed by atoms with Crippen molar-refractivity contribution in [3.8, 4) is 0 Å². The number of aromatic nitrogens is 2. The molecule has 1 heterocycles. The molecular formula is C10H20N4O3S. The number of ether oxygens (including phenoxy) is 1. The van der Waals surface area contributed by atoms with Gasteiger partial charge in [0.1, 0.15) is 0 Å². The summed E-state index contributed by atoms with van der Waals surface area (Å²) in [5.74, 6) is 0.115. The predicted octanol–water partition coefficient (Wildman–Crippen LogP) is -0.182. The third-order valence-electron chi connectivity index (χ3n) is 2.62. The number of H-pyrrole nitrogens is 1. The van der Waals surface area contributed by atoms with Gasteiger partial charge >= 0.3 is 0 Å². The molecule has 1 rings (SSSR count). The van der Waals surface area contributed by atoms with Gasteiger partial charge < -0.3 is 10.5 Å². The maximum absolute atomic E-state index is 12.2. The highest BCUT2D eigenvalue weighted by molar-refractivity contribution is 7.89. The first-order chi connectivity index (χ1) is 8.42. The van der Waals surface area contributed by atoms with Gasteiger partial charge in [0.2, 0.25) is 0 Å². The lowest BCUT2D eigenvalue weighted by Gasteiger charge is -2.21. The van der Waals surface area contributed by atoms with Crippen molar-refractivity contribution >= 4 is 10.0 Å².